The number of nitro benzene ring substituents is 1. The highest BCUT2D eigenvalue weighted by Gasteiger charge is 2.32. The van der Waals surface area contributed by atoms with Crippen molar-refractivity contribution in [3.8, 4) is 11.5 Å². The molecule has 2 rings (SSSR count). The zero-order valence-electron chi connectivity index (χ0n) is 12.9. The maximum absolute atomic E-state index is 11.4. The van der Waals surface area contributed by atoms with Gasteiger partial charge >= 0.3 is 7.60 Å². The monoisotopic (exact) mass is 353 g/mol. The molecule has 0 spiro atoms. The number of para-hydroxylation sites is 1. The summed E-state index contributed by atoms with van der Waals surface area (Å²) in [6, 6.07) is 8.63. The van der Waals surface area contributed by atoms with E-state index in [-0.39, 0.29) is 11.3 Å². The first kappa shape index (κ1) is 18.1. The lowest BCUT2D eigenvalue weighted by Crippen LogP contribution is -2.03. The Hall–Kier alpha value is -2.25. The Labute approximate surface area is 137 Å². The minimum absolute atomic E-state index is 0.0613. The number of aryl methyl sites for hydroxylation is 2. The van der Waals surface area contributed by atoms with Gasteiger partial charge in [-0.25, -0.2) is 0 Å². The number of nitro groups is 1. The quantitative estimate of drug-likeness (QED) is 0.427. The minimum Gasteiger partial charge on any atom is -0.456 e. The number of benzene rings is 2. The standard InChI is InChI=1S/C15H16NO7P/c1-9-4-3-5-10(2)14(9)23-13-7-6-11(16(18)19)8-12(13)15(17)24(20,21)22/h3-8,15,17H,1-2H3,(H2,20,21,22). The van der Waals surface area contributed by atoms with Crippen molar-refractivity contribution in [2.75, 3.05) is 0 Å². The number of hydrogen-bond donors (Lipinski definition) is 3. The van der Waals surface area contributed by atoms with E-state index >= 15 is 0 Å². The molecule has 1 unspecified atom stereocenters. The Balaban J connectivity index is 2.57. The van der Waals surface area contributed by atoms with Crippen molar-refractivity contribution in [2.45, 2.75) is 19.7 Å². The van der Waals surface area contributed by atoms with Crippen molar-refractivity contribution in [1.29, 1.82) is 0 Å². The van der Waals surface area contributed by atoms with Gasteiger partial charge in [-0.2, -0.15) is 0 Å². The molecule has 24 heavy (non-hydrogen) atoms. The molecule has 0 aliphatic heterocycles. The lowest BCUT2D eigenvalue weighted by molar-refractivity contribution is -0.385. The molecule has 2 aromatic carbocycles. The molecule has 1 atom stereocenters. The van der Waals surface area contributed by atoms with Gasteiger partial charge in [0.15, 0.2) is 5.85 Å². The second kappa shape index (κ2) is 6.70. The zero-order valence-corrected chi connectivity index (χ0v) is 13.8. The molecule has 0 aliphatic carbocycles. The summed E-state index contributed by atoms with van der Waals surface area (Å²) >= 11 is 0. The molecule has 0 fully saturated rings. The van der Waals surface area contributed by atoms with Crippen LogP contribution in [0.15, 0.2) is 36.4 Å². The second-order valence-electron chi connectivity index (χ2n) is 5.26. The number of hydrogen-bond acceptors (Lipinski definition) is 5. The SMILES string of the molecule is Cc1cccc(C)c1Oc1ccc([N+](=O)[O-])cc1C(O)P(=O)(O)O. The van der Waals surface area contributed by atoms with Crippen molar-refractivity contribution in [3.05, 3.63) is 63.2 Å². The molecule has 0 saturated heterocycles. The normalized spacial score (nSPS) is 12.7. The van der Waals surface area contributed by atoms with Gasteiger partial charge in [-0.1, -0.05) is 18.2 Å². The van der Waals surface area contributed by atoms with Gasteiger partial charge in [0.2, 0.25) is 0 Å². The molecular weight excluding hydrogens is 337 g/mol. The number of nitrogens with zero attached hydrogens (tertiary/aromatic N) is 1. The summed E-state index contributed by atoms with van der Waals surface area (Å²) < 4.78 is 17.1. The van der Waals surface area contributed by atoms with E-state index in [1.54, 1.807) is 26.0 Å². The smallest absolute Gasteiger partial charge is 0.358 e. The van der Waals surface area contributed by atoms with Crippen LogP contribution in [0.1, 0.15) is 22.5 Å². The van der Waals surface area contributed by atoms with Gasteiger partial charge in [0.25, 0.3) is 5.69 Å². The Morgan fingerprint density at radius 3 is 2.25 bits per heavy atom. The molecule has 8 nitrogen and oxygen atoms in total. The third-order valence-electron chi connectivity index (χ3n) is 3.42. The van der Waals surface area contributed by atoms with E-state index in [9.17, 15) is 29.6 Å². The summed E-state index contributed by atoms with van der Waals surface area (Å²) in [5, 5.41) is 20.8. The molecule has 128 valence electrons. The summed E-state index contributed by atoms with van der Waals surface area (Å²) in [5.74, 6) is -1.84. The summed E-state index contributed by atoms with van der Waals surface area (Å²) in [5.41, 5.74) is 0.779. The average molecular weight is 353 g/mol. The van der Waals surface area contributed by atoms with Gasteiger partial charge in [-0.15, -0.1) is 0 Å². The van der Waals surface area contributed by atoms with Crippen LogP contribution < -0.4 is 4.74 Å². The van der Waals surface area contributed by atoms with Gasteiger partial charge in [0.1, 0.15) is 11.5 Å². The molecule has 3 N–H and O–H groups in total. The predicted molar refractivity (Wildman–Crippen MR) is 86.1 cm³/mol. The topological polar surface area (TPSA) is 130 Å². The van der Waals surface area contributed by atoms with Crippen LogP contribution in [-0.4, -0.2) is 19.8 Å². The van der Waals surface area contributed by atoms with Crippen molar-refractivity contribution >= 4 is 13.3 Å². The summed E-state index contributed by atoms with van der Waals surface area (Å²) in [7, 11) is -4.93. The van der Waals surface area contributed by atoms with E-state index < -0.39 is 24.1 Å². The van der Waals surface area contributed by atoms with Crippen LogP contribution in [0.2, 0.25) is 0 Å². The molecule has 9 heteroatoms. The highest BCUT2D eigenvalue weighted by atomic mass is 31.2. The van der Waals surface area contributed by atoms with Gasteiger partial charge in [-0.3, -0.25) is 14.7 Å². The first-order valence-electron chi connectivity index (χ1n) is 6.87. The number of rotatable bonds is 5. The average Bonchev–Trinajstić information content (AvgIpc) is 2.49. The molecule has 0 radical (unpaired) electrons. The molecule has 2 aromatic rings. The van der Waals surface area contributed by atoms with Crippen LogP contribution in [0.3, 0.4) is 0 Å². The van der Waals surface area contributed by atoms with Crippen LogP contribution >= 0.6 is 7.60 Å². The number of aliphatic hydroxyl groups excluding tert-OH is 1. The first-order chi connectivity index (χ1) is 11.1. The van der Waals surface area contributed by atoms with Crippen LogP contribution in [0.4, 0.5) is 5.69 Å². The van der Waals surface area contributed by atoms with Crippen LogP contribution in [0, 0.1) is 24.0 Å². The van der Waals surface area contributed by atoms with E-state index in [0.717, 1.165) is 23.3 Å². The largest absolute Gasteiger partial charge is 0.456 e. The van der Waals surface area contributed by atoms with Crippen LogP contribution in [0.5, 0.6) is 11.5 Å². The van der Waals surface area contributed by atoms with E-state index in [1.807, 2.05) is 6.07 Å². The fraction of sp³-hybridized carbons (Fsp3) is 0.200. The van der Waals surface area contributed by atoms with E-state index in [2.05, 4.69) is 0 Å². The fourth-order valence-electron chi connectivity index (χ4n) is 2.20. The van der Waals surface area contributed by atoms with Gasteiger partial charge in [-0.05, 0) is 31.0 Å². The highest BCUT2D eigenvalue weighted by molar-refractivity contribution is 7.51. The van der Waals surface area contributed by atoms with Crippen molar-refractivity contribution in [2.24, 2.45) is 0 Å². The van der Waals surface area contributed by atoms with Crippen molar-refractivity contribution < 1.29 is 29.1 Å². The molecule has 0 aromatic heterocycles. The second-order valence-corrected chi connectivity index (χ2v) is 6.93. The molecule has 0 heterocycles. The van der Waals surface area contributed by atoms with Gasteiger partial charge in [0.05, 0.1) is 4.92 Å². The fourth-order valence-corrected chi connectivity index (χ4v) is 2.76. The number of non-ortho nitro benzene ring substituents is 1. The summed E-state index contributed by atoms with van der Waals surface area (Å²) in [6.45, 7) is 3.57. The zero-order chi connectivity index (χ0) is 18.1. The Kier molecular flexibility index (Phi) is 5.05. The Morgan fingerprint density at radius 2 is 1.75 bits per heavy atom. The van der Waals surface area contributed by atoms with Crippen molar-refractivity contribution in [1.82, 2.24) is 0 Å². The summed E-state index contributed by atoms with van der Waals surface area (Å²) in [4.78, 5) is 28.6. The molecule has 0 aliphatic rings. The predicted octanol–water partition coefficient (Wildman–Crippen LogP) is 3.17. The molecule has 0 amide bonds. The third-order valence-corrected chi connectivity index (χ3v) is 4.34. The lowest BCUT2D eigenvalue weighted by Gasteiger charge is -2.18. The Bertz CT molecular complexity index is 810. The number of aliphatic hydroxyl groups is 1. The maximum atomic E-state index is 11.4. The summed E-state index contributed by atoms with van der Waals surface area (Å²) in [6.07, 6.45) is 0. The van der Waals surface area contributed by atoms with Crippen LogP contribution in [-0.2, 0) is 4.57 Å². The van der Waals surface area contributed by atoms with E-state index in [0.29, 0.717) is 5.75 Å². The highest BCUT2D eigenvalue weighted by Crippen LogP contribution is 2.53. The van der Waals surface area contributed by atoms with Crippen LogP contribution in [0.25, 0.3) is 0 Å². The minimum atomic E-state index is -4.93. The third kappa shape index (κ3) is 3.80. The molecular formula is C15H16NO7P. The number of ether oxygens (including phenoxy) is 1. The van der Waals surface area contributed by atoms with Gasteiger partial charge in [0, 0.05) is 17.7 Å². The van der Waals surface area contributed by atoms with E-state index in [4.69, 9.17) is 4.74 Å². The lowest BCUT2D eigenvalue weighted by atomic mass is 10.1. The first-order valence-corrected chi connectivity index (χ1v) is 8.55. The molecule has 0 bridgehead atoms. The molecule has 0 saturated carbocycles. The van der Waals surface area contributed by atoms with Crippen molar-refractivity contribution in [3.63, 3.8) is 0 Å². The van der Waals surface area contributed by atoms with Gasteiger partial charge < -0.3 is 19.6 Å². The van der Waals surface area contributed by atoms with E-state index in [1.165, 1.54) is 6.07 Å². The maximum Gasteiger partial charge on any atom is 0.358 e. The Morgan fingerprint density at radius 1 is 1.17 bits per heavy atom.